The number of benzene rings is 2. The van der Waals surface area contributed by atoms with Crippen molar-refractivity contribution in [1.29, 1.82) is 5.26 Å². The quantitative estimate of drug-likeness (QED) is 0.0345. The highest BCUT2D eigenvalue weighted by Crippen LogP contribution is 2.37. The standard InChI is InChI=1S/C59H65ClF2N14O9/c1-35(45-21-37(24-63)9-11-46(45)61)69-55-52(60)36(2)68-49-23-47(62)53(71-54(49)55)39-26-66-58(67-27-39)83-20-17-74-29-41(30-74)76-28-40(72-73-76)33-81-19-16-75-31-44(32-75)82-18-15-64-50(77)34-84-42-7-6-8-43(22-42)85-51-12-10-38(25-65-51)56(78)70-48(57(79)80)13-14-59(3,4)5/h6-12,21-23,25-28,35,41,44,48H,13-20,29-34H2,1-5H3,(H,64,77)(H,68,69)(H,70,78)(H,79,80)/t35-,48+/m1/s1. The number of carbonyl (C=O) groups is 3. The number of rotatable bonds is 28. The largest absolute Gasteiger partial charge is 0.484 e. The van der Waals surface area contributed by atoms with Crippen LogP contribution in [0.2, 0.25) is 5.02 Å². The van der Waals surface area contributed by atoms with E-state index in [0.29, 0.717) is 86.4 Å². The fourth-order valence-corrected chi connectivity index (χ4v) is 9.45. The second kappa shape index (κ2) is 27.9. The fourth-order valence-electron chi connectivity index (χ4n) is 9.26. The van der Waals surface area contributed by atoms with Gasteiger partial charge in [-0.25, -0.2) is 43.2 Å². The molecule has 2 fully saturated rings. The van der Waals surface area contributed by atoms with Gasteiger partial charge in [0.1, 0.15) is 46.9 Å². The third-order valence-corrected chi connectivity index (χ3v) is 14.5. The normalized spacial score (nSPS) is 14.6. The summed E-state index contributed by atoms with van der Waals surface area (Å²) in [7, 11) is 0. The third kappa shape index (κ3) is 16.6. The van der Waals surface area contributed by atoms with E-state index in [1.807, 2.05) is 37.7 Å². The average Bonchev–Trinajstić information content (AvgIpc) is 2.17. The molecule has 23 nitrogen and oxygen atoms in total. The molecule has 0 unspecified atom stereocenters. The first-order valence-corrected chi connectivity index (χ1v) is 28.0. The van der Waals surface area contributed by atoms with Crippen LogP contribution in [0.3, 0.4) is 0 Å². The highest BCUT2D eigenvalue weighted by atomic mass is 35.5. The van der Waals surface area contributed by atoms with Crippen LogP contribution in [-0.4, -0.2) is 157 Å². The number of nitrogens with zero attached hydrogens (tertiary/aromatic N) is 11. The van der Waals surface area contributed by atoms with E-state index >= 15 is 4.39 Å². The number of likely N-dealkylation sites (tertiary alicyclic amines) is 2. The Kier molecular flexibility index (Phi) is 20.0. The van der Waals surface area contributed by atoms with Gasteiger partial charge in [-0.1, -0.05) is 43.7 Å². The first-order chi connectivity index (χ1) is 40.8. The van der Waals surface area contributed by atoms with E-state index in [0.717, 1.165) is 38.4 Å². The number of fused-ring (bicyclic) bond motifs is 1. The van der Waals surface area contributed by atoms with Crippen LogP contribution in [0.4, 0.5) is 14.5 Å². The van der Waals surface area contributed by atoms with E-state index in [4.69, 9.17) is 35.3 Å². The van der Waals surface area contributed by atoms with Crippen LogP contribution in [-0.2, 0) is 25.7 Å². The topological polar surface area (TPSA) is 279 Å². The monoisotopic (exact) mass is 1190 g/mol. The smallest absolute Gasteiger partial charge is 0.326 e. The lowest BCUT2D eigenvalue weighted by Gasteiger charge is -2.38. The number of hydrogen-bond donors (Lipinski definition) is 4. The molecule has 2 saturated heterocycles. The Bertz CT molecular complexity index is 3520. The first kappa shape index (κ1) is 61.0. The number of nitrogens with one attached hydrogen (secondary N) is 3. The number of amides is 2. The fraction of sp³-hybridized carbons (Fsp3) is 0.407. The summed E-state index contributed by atoms with van der Waals surface area (Å²) in [6.07, 6.45) is 7.04. The van der Waals surface area contributed by atoms with Crippen LogP contribution >= 0.6 is 11.6 Å². The molecule has 2 aromatic carbocycles. The Balaban J connectivity index is 0.608. The summed E-state index contributed by atoms with van der Waals surface area (Å²) in [6, 6.07) is 15.7. The van der Waals surface area contributed by atoms with Crippen molar-refractivity contribution in [3.8, 4) is 40.7 Å². The van der Waals surface area contributed by atoms with Gasteiger partial charge in [-0.15, -0.1) is 5.10 Å². The molecule has 2 amide bonds. The molecule has 7 aromatic rings. The van der Waals surface area contributed by atoms with Crippen molar-refractivity contribution >= 4 is 46.1 Å². The van der Waals surface area contributed by atoms with Crippen molar-refractivity contribution < 1.29 is 52.0 Å². The number of carboxylic acids is 1. The Morgan fingerprint density at radius 2 is 1.67 bits per heavy atom. The maximum Gasteiger partial charge on any atom is 0.326 e. The Morgan fingerprint density at radius 1 is 0.906 bits per heavy atom. The summed E-state index contributed by atoms with van der Waals surface area (Å²) in [5, 5.41) is 36.4. The molecule has 7 heterocycles. The van der Waals surface area contributed by atoms with Gasteiger partial charge in [0.25, 0.3) is 11.8 Å². The lowest BCUT2D eigenvalue weighted by atomic mass is 9.88. The van der Waals surface area contributed by atoms with Crippen molar-refractivity contribution in [1.82, 2.24) is 60.3 Å². The van der Waals surface area contributed by atoms with Crippen LogP contribution in [0.5, 0.6) is 23.4 Å². The number of aromatic nitrogens is 8. The van der Waals surface area contributed by atoms with E-state index in [-0.39, 0.29) is 74.8 Å². The van der Waals surface area contributed by atoms with Gasteiger partial charge in [0.05, 0.1) is 83.3 Å². The number of carboxylic acid groups (broad SMARTS) is 1. The van der Waals surface area contributed by atoms with Gasteiger partial charge in [0.2, 0.25) is 5.88 Å². The molecule has 2 aliphatic rings. The number of halogens is 3. The SMILES string of the molecule is Cc1nc2cc(F)c(-c3cnc(OCCN4CC(n5cc(COCCN6CC(OCCNC(=O)COc7cccc(Oc8ccc(C(=O)N[C@@H](CCC(C)(C)C)C(=O)O)cn8)c7)C6)nn5)C4)nc3)nc2c(N[C@H](C)c2cc(C#N)ccc2F)c1Cl. The molecule has 4 N–H and O–H groups in total. The average molecular weight is 1190 g/mol. The molecule has 446 valence electrons. The number of nitriles is 1. The number of carbonyl (C=O) groups excluding carboxylic acids is 2. The number of aryl methyl sites for hydroxylation is 1. The molecule has 0 aliphatic carbocycles. The number of ether oxygens (including phenoxy) is 5. The van der Waals surface area contributed by atoms with Gasteiger partial charge < -0.3 is 44.7 Å². The molecule has 2 atom stereocenters. The highest BCUT2D eigenvalue weighted by molar-refractivity contribution is 6.35. The van der Waals surface area contributed by atoms with E-state index in [9.17, 15) is 29.1 Å². The zero-order valence-electron chi connectivity index (χ0n) is 47.6. The van der Waals surface area contributed by atoms with E-state index in [1.54, 1.807) is 38.1 Å². The summed E-state index contributed by atoms with van der Waals surface area (Å²) in [6.45, 7) is 15.4. The summed E-state index contributed by atoms with van der Waals surface area (Å²) in [4.78, 5) is 63.2. The van der Waals surface area contributed by atoms with Crippen molar-refractivity contribution in [3.63, 3.8) is 0 Å². The second-order valence-electron chi connectivity index (χ2n) is 21.9. The zero-order chi connectivity index (χ0) is 60.2. The molecule has 9 rings (SSSR count). The van der Waals surface area contributed by atoms with Crippen LogP contribution in [0.1, 0.15) is 85.5 Å². The molecular formula is C59H65ClF2N14O9. The molecule has 0 spiro atoms. The zero-order valence-corrected chi connectivity index (χ0v) is 48.3. The van der Waals surface area contributed by atoms with Crippen LogP contribution in [0.25, 0.3) is 22.3 Å². The minimum Gasteiger partial charge on any atom is -0.484 e. The molecule has 0 radical (unpaired) electrons. The number of pyridine rings is 3. The number of anilines is 1. The Morgan fingerprint density at radius 3 is 2.41 bits per heavy atom. The number of hydrogen-bond acceptors (Lipinski definition) is 19. The first-order valence-electron chi connectivity index (χ1n) is 27.6. The molecule has 0 bridgehead atoms. The highest BCUT2D eigenvalue weighted by Gasteiger charge is 2.30. The van der Waals surface area contributed by atoms with Gasteiger partial charge in [-0.3, -0.25) is 19.4 Å². The van der Waals surface area contributed by atoms with Crippen molar-refractivity contribution in [2.75, 3.05) is 77.6 Å². The summed E-state index contributed by atoms with van der Waals surface area (Å²) in [5.41, 5.74) is 2.91. The van der Waals surface area contributed by atoms with Crippen molar-refractivity contribution in [3.05, 3.63) is 130 Å². The summed E-state index contributed by atoms with van der Waals surface area (Å²) < 4.78 is 61.3. The van der Waals surface area contributed by atoms with E-state index < -0.39 is 35.6 Å². The van der Waals surface area contributed by atoms with E-state index in [2.05, 4.69) is 61.0 Å². The maximum atomic E-state index is 15.6. The Hall–Kier alpha value is -8.54. The lowest BCUT2D eigenvalue weighted by Crippen LogP contribution is -2.53. The second-order valence-corrected chi connectivity index (χ2v) is 22.2. The summed E-state index contributed by atoms with van der Waals surface area (Å²) in [5.74, 6) is -2.10. The van der Waals surface area contributed by atoms with E-state index in [1.165, 1.54) is 55.0 Å². The molecule has 0 saturated carbocycles. The third-order valence-electron chi connectivity index (χ3n) is 14.1. The minimum atomic E-state index is -1.10. The maximum absolute atomic E-state index is 15.6. The number of aliphatic carboxylic acids is 1. The van der Waals surface area contributed by atoms with Crippen molar-refractivity contribution in [2.24, 2.45) is 5.41 Å². The van der Waals surface area contributed by atoms with Crippen molar-refractivity contribution in [2.45, 2.75) is 78.3 Å². The molecule has 5 aromatic heterocycles. The Labute approximate surface area is 494 Å². The van der Waals surface area contributed by atoms with Gasteiger partial charge >= 0.3 is 12.0 Å². The van der Waals surface area contributed by atoms with Gasteiger partial charge in [0, 0.05) is 93.7 Å². The van der Waals surface area contributed by atoms with Crippen LogP contribution in [0.15, 0.2) is 85.5 Å². The lowest BCUT2D eigenvalue weighted by molar-refractivity contribution is -0.139. The molecule has 26 heteroatoms. The predicted molar refractivity (Wildman–Crippen MR) is 307 cm³/mol. The van der Waals surface area contributed by atoms with Gasteiger partial charge in [-0.05, 0) is 68.5 Å². The van der Waals surface area contributed by atoms with Crippen LogP contribution in [0, 0.1) is 35.3 Å². The molecule has 2 aliphatic heterocycles. The van der Waals surface area contributed by atoms with Gasteiger partial charge in [0.15, 0.2) is 12.4 Å². The molecular weight excluding hydrogens is 1120 g/mol. The van der Waals surface area contributed by atoms with Crippen LogP contribution < -0.4 is 30.2 Å². The summed E-state index contributed by atoms with van der Waals surface area (Å²) >= 11 is 6.70. The predicted octanol–water partition coefficient (Wildman–Crippen LogP) is 7.51. The minimum absolute atomic E-state index is 0.0377. The van der Waals surface area contributed by atoms with Gasteiger partial charge in [-0.2, -0.15) is 5.26 Å². The molecule has 85 heavy (non-hydrogen) atoms.